The third-order valence-corrected chi connectivity index (χ3v) is 4.39. The smallest absolute Gasteiger partial charge is 0.297 e. The Balaban J connectivity index is 1.89. The molecule has 0 unspecified atom stereocenters. The van der Waals surface area contributed by atoms with Gasteiger partial charge in [0.1, 0.15) is 6.26 Å². The van der Waals surface area contributed by atoms with Crippen LogP contribution in [0.1, 0.15) is 33.4 Å². The number of rotatable bonds is 5. The molecule has 0 saturated carbocycles. The molecular formula is C14H25N3OS. The summed E-state index contributed by atoms with van der Waals surface area (Å²) >= 11 is 2.02. The molecule has 0 radical (unpaired) electrons. The predicted octanol–water partition coefficient (Wildman–Crippen LogP) is 2.75. The Kier molecular flexibility index (Phi) is 4.79. The molecule has 2 heterocycles. The van der Waals surface area contributed by atoms with Crippen LogP contribution in [-0.2, 0) is 6.54 Å². The van der Waals surface area contributed by atoms with Crippen LogP contribution in [0.3, 0.4) is 0 Å². The maximum atomic E-state index is 5.62. The Morgan fingerprint density at radius 1 is 1.53 bits per heavy atom. The fourth-order valence-electron chi connectivity index (χ4n) is 2.19. The second kappa shape index (κ2) is 6.18. The van der Waals surface area contributed by atoms with Crippen LogP contribution in [0, 0.1) is 5.92 Å². The molecule has 0 bridgehead atoms. The van der Waals surface area contributed by atoms with E-state index in [1.54, 1.807) is 6.26 Å². The van der Waals surface area contributed by atoms with Gasteiger partial charge in [-0.2, -0.15) is 16.7 Å². The average molecular weight is 283 g/mol. The van der Waals surface area contributed by atoms with Gasteiger partial charge in [-0.15, -0.1) is 0 Å². The molecule has 0 spiro atoms. The number of nitrogens with zero attached hydrogens (tertiary/aromatic N) is 2. The Hall–Kier alpha value is -0.680. The molecule has 0 aliphatic carbocycles. The van der Waals surface area contributed by atoms with E-state index in [-0.39, 0.29) is 4.75 Å². The van der Waals surface area contributed by atoms with Crippen molar-refractivity contribution in [1.29, 1.82) is 0 Å². The zero-order chi connectivity index (χ0) is 13.9. The first kappa shape index (κ1) is 14.7. The molecule has 1 aromatic rings. The molecular weight excluding hydrogens is 258 g/mol. The van der Waals surface area contributed by atoms with Gasteiger partial charge in [0.2, 0.25) is 0 Å². The van der Waals surface area contributed by atoms with Crippen molar-refractivity contribution >= 4 is 17.8 Å². The summed E-state index contributed by atoms with van der Waals surface area (Å²) in [4.78, 5) is 6.84. The van der Waals surface area contributed by atoms with Crippen LogP contribution in [0.25, 0.3) is 0 Å². The SMILES string of the molecule is CC(C)CNCc1coc(N2CCSC(C)(C)C2)n1. The van der Waals surface area contributed by atoms with Crippen LogP contribution < -0.4 is 10.2 Å². The van der Waals surface area contributed by atoms with Crippen molar-refractivity contribution in [2.45, 2.75) is 39.0 Å². The highest BCUT2D eigenvalue weighted by atomic mass is 32.2. The Bertz CT molecular complexity index is 403. The van der Waals surface area contributed by atoms with Gasteiger partial charge < -0.3 is 14.6 Å². The van der Waals surface area contributed by atoms with E-state index in [9.17, 15) is 0 Å². The van der Waals surface area contributed by atoms with Crippen LogP contribution >= 0.6 is 11.8 Å². The van der Waals surface area contributed by atoms with Crippen molar-refractivity contribution in [2.75, 3.05) is 30.3 Å². The number of hydrogen-bond donors (Lipinski definition) is 1. The highest BCUT2D eigenvalue weighted by molar-refractivity contribution is 8.00. The lowest BCUT2D eigenvalue weighted by molar-refractivity contribution is 0.514. The molecule has 0 aromatic carbocycles. The normalized spacial score (nSPS) is 19.1. The van der Waals surface area contributed by atoms with E-state index in [1.807, 2.05) is 11.8 Å². The van der Waals surface area contributed by atoms with E-state index in [4.69, 9.17) is 4.42 Å². The van der Waals surface area contributed by atoms with Crippen LogP contribution in [0.4, 0.5) is 6.01 Å². The standard InChI is InChI=1S/C14H25N3OS/c1-11(2)7-15-8-12-9-18-13(16-12)17-5-6-19-14(3,4)10-17/h9,11,15H,5-8,10H2,1-4H3. The van der Waals surface area contributed by atoms with Crippen LogP contribution in [0.2, 0.25) is 0 Å². The van der Waals surface area contributed by atoms with Crippen molar-refractivity contribution in [3.8, 4) is 0 Å². The largest absolute Gasteiger partial charge is 0.432 e. The van der Waals surface area contributed by atoms with Gasteiger partial charge in [-0.1, -0.05) is 13.8 Å². The van der Waals surface area contributed by atoms with Gasteiger partial charge in [-0.3, -0.25) is 0 Å². The molecule has 1 fully saturated rings. The third-order valence-electron chi connectivity index (χ3n) is 3.09. The van der Waals surface area contributed by atoms with Crippen molar-refractivity contribution in [3.05, 3.63) is 12.0 Å². The van der Waals surface area contributed by atoms with Gasteiger partial charge in [0.25, 0.3) is 6.01 Å². The van der Waals surface area contributed by atoms with Gasteiger partial charge in [0.15, 0.2) is 0 Å². The Morgan fingerprint density at radius 2 is 2.32 bits per heavy atom. The summed E-state index contributed by atoms with van der Waals surface area (Å²) < 4.78 is 5.90. The summed E-state index contributed by atoms with van der Waals surface area (Å²) in [7, 11) is 0. The molecule has 19 heavy (non-hydrogen) atoms. The maximum Gasteiger partial charge on any atom is 0.297 e. The van der Waals surface area contributed by atoms with Crippen LogP contribution in [0.15, 0.2) is 10.7 Å². The third kappa shape index (κ3) is 4.42. The molecule has 1 aromatic heterocycles. The Morgan fingerprint density at radius 3 is 3.00 bits per heavy atom. The van der Waals surface area contributed by atoms with Crippen molar-refractivity contribution in [3.63, 3.8) is 0 Å². The number of oxazole rings is 1. The molecule has 2 rings (SSSR count). The van der Waals surface area contributed by atoms with E-state index in [2.05, 4.69) is 42.9 Å². The maximum absolute atomic E-state index is 5.62. The number of hydrogen-bond acceptors (Lipinski definition) is 5. The van der Waals surface area contributed by atoms with Crippen LogP contribution in [-0.4, -0.2) is 35.1 Å². The summed E-state index contributed by atoms with van der Waals surface area (Å²) in [6, 6.07) is 0.773. The fourth-order valence-corrected chi connectivity index (χ4v) is 3.30. The zero-order valence-corrected chi connectivity index (χ0v) is 13.2. The fraction of sp³-hybridized carbons (Fsp3) is 0.786. The molecule has 1 aliphatic heterocycles. The first-order valence-electron chi connectivity index (χ1n) is 7.00. The first-order valence-corrected chi connectivity index (χ1v) is 7.99. The summed E-state index contributed by atoms with van der Waals surface area (Å²) in [6.45, 7) is 12.8. The highest BCUT2D eigenvalue weighted by Gasteiger charge is 2.29. The molecule has 4 nitrogen and oxygen atoms in total. The summed E-state index contributed by atoms with van der Waals surface area (Å²) in [5.41, 5.74) is 0.992. The van der Waals surface area contributed by atoms with E-state index < -0.39 is 0 Å². The minimum absolute atomic E-state index is 0.281. The van der Waals surface area contributed by atoms with Crippen molar-refractivity contribution in [1.82, 2.24) is 10.3 Å². The Labute approximate surface area is 120 Å². The number of aromatic nitrogens is 1. The summed E-state index contributed by atoms with van der Waals surface area (Å²) in [5, 5.41) is 3.39. The van der Waals surface area contributed by atoms with E-state index in [1.165, 1.54) is 0 Å². The molecule has 0 amide bonds. The highest BCUT2D eigenvalue weighted by Crippen LogP contribution is 2.31. The van der Waals surface area contributed by atoms with E-state index in [0.717, 1.165) is 43.6 Å². The van der Waals surface area contributed by atoms with Gasteiger partial charge >= 0.3 is 0 Å². The zero-order valence-electron chi connectivity index (χ0n) is 12.4. The molecule has 1 saturated heterocycles. The molecule has 108 valence electrons. The van der Waals surface area contributed by atoms with Gasteiger partial charge in [0.05, 0.1) is 5.69 Å². The topological polar surface area (TPSA) is 41.3 Å². The lowest BCUT2D eigenvalue weighted by Crippen LogP contribution is -2.43. The summed E-state index contributed by atoms with van der Waals surface area (Å²) in [6.07, 6.45) is 1.78. The lowest BCUT2D eigenvalue weighted by Gasteiger charge is -2.36. The minimum atomic E-state index is 0.281. The second-order valence-electron chi connectivity index (χ2n) is 6.18. The molecule has 1 aliphatic rings. The average Bonchev–Trinajstić information content (AvgIpc) is 2.76. The number of anilines is 1. The molecule has 0 atom stereocenters. The minimum Gasteiger partial charge on any atom is -0.432 e. The van der Waals surface area contributed by atoms with Gasteiger partial charge in [-0.25, -0.2) is 0 Å². The number of nitrogens with one attached hydrogen (secondary N) is 1. The predicted molar refractivity (Wildman–Crippen MR) is 81.8 cm³/mol. The molecule has 1 N–H and O–H groups in total. The monoisotopic (exact) mass is 283 g/mol. The van der Waals surface area contributed by atoms with E-state index in [0.29, 0.717) is 5.92 Å². The van der Waals surface area contributed by atoms with Crippen LogP contribution in [0.5, 0.6) is 0 Å². The lowest BCUT2D eigenvalue weighted by atomic mass is 10.2. The molecule has 5 heteroatoms. The van der Waals surface area contributed by atoms with Gasteiger partial charge in [-0.05, 0) is 26.3 Å². The van der Waals surface area contributed by atoms with Crippen molar-refractivity contribution in [2.24, 2.45) is 5.92 Å². The second-order valence-corrected chi connectivity index (χ2v) is 7.98. The van der Waals surface area contributed by atoms with Crippen molar-refractivity contribution < 1.29 is 4.42 Å². The van der Waals surface area contributed by atoms with Gasteiger partial charge in [0, 0.05) is 30.1 Å². The first-order chi connectivity index (χ1) is 8.96. The number of thioether (sulfide) groups is 1. The summed E-state index contributed by atoms with van der Waals surface area (Å²) in [5.74, 6) is 1.79. The quantitative estimate of drug-likeness (QED) is 0.900. The van der Waals surface area contributed by atoms with E-state index >= 15 is 0 Å².